The fourth-order valence-electron chi connectivity index (χ4n) is 3.11. The molecule has 1 unspecified atom stereocenters. The Morgan fingerprint density at radius 2 is 1.59 bits per heavy atom. The lowest BCUT2D eigenvalue weighted by molar-refractivity contribution is 0.187. The van der Waals surface area contributed by atoms with Gasteiger partial charge in [0, 0.05) is 5.56 Å². The molecule has 3 aromatic rings. The van der Waals surface area contributed by atoms with Crippen LogP contribution in [0, 0.1) is 0 Å². The number of fused-ring (bicyclic) bond motifs is 1. The first-order valence-electron chi connectivity index (χ1n) is 9.11. The van der Waals surface area contributed by atoms with Gasteiger partial charge in [0.1, 0.15) is 0 Å². The summed E-state index contributed by atoms with van der Waals surface area (Å²) >= 11 is 0. The first-order valence-corrected chi connectivity index (χ1v) is 9.11. The zero-order chi connectivity index (χ0) is 19.2. The molecule has 0 bridgehead atoms. The van der Waals surface area contributed by atoms with Gasteiger partial charge in [0.2, 0.25) is 0 Å². The van der Waals surface area contributed by atoms with Gasteiger partial charge in [-0.2, -0.15) is 0 Å². The summed E-state index contributed by atoms with van der Waals surface area (Å²) in [6.07, 6.45) is 0.841. The topological polar surface area (TPSA) is 70.9 Å². The van der Waals surface area contributed by atoms with Crippen molar-refractivity contribution in [3.63, 3.8) is 0 Å². The molecular weight excluding hydrogens is 334 g/mol. The maximum Gasteiger partial charge on any atom is 0.152 e. The van der Waals surface area contributed by atoms with Crippen molar-refractivity contribution in [1.82, 2.24) is 10.0 Å². The normalized spacial score (nSPS) is 13.1. The van der Waals surface area contributed by atoms with Crippen LogP contribution in [0.4, 0.5) is 0 Å². The SMILES string of the molecule is CN(C)CCC(c1ccc2ccccc2c1)N(N)/N=C(\N)c1ccccc1. The Labute approximate surface area is 160 Å². The fourth-order valence-corrected chi connectivity index (χ4v) is 3.11. The highest BCUT2D eigenvalue weighted by Gasteiger charge is 2.18. The lowest BCUT2D eigenvalue weighted by Crippen LogP contribution is -2.35. The van der Waals surface area contributed by atoms with Gasteiger partial charge in [-0.1, -0.05) is 66.7 Å². The van der Waals surface area contributed by atoms with Crippen LogP contribution in [0.5, 0.6) is 0 Å². The van der Waals surface area contributed by atoms with Crippen LogP contribution in [0.15, 0.2) is 77.9 Å². The van der Waals surface area contributed by atoms with Gasteiger partial charge in [0.05, 0.1) is 6.04 Å². The van der Waals surface area contributed by atoms with Gasteiger partial charge in [-0.05, 0) is 49.5 Å². The van der Waals surface area contributed by atoms with Crippen molar-refractivity contribution in [3.8, 4) is 0 Å². The number of hydrogen-bond acceptors (Lipinski definition) is 4. The monoisotopic (exact) mass is 361 g/mol. The Morgan fingerprint density at radius 3 is 2.30 bits per heavy atom. The Balaban J connectivity index is 1.91. The van der Waals surface area contributed by atoms with Gasteiger partial charge in [0.15, 0.2) is 5.84 Å². The van der Waals surface area contributed by atoms with Crippen LogP contribution in [0.2, 0.25) is 0 Å². The molecule has 5 nitrogen and oxygen atoms in total. The predicted molar refractivity (Wildman–Crippen MR) is 113 cm³/mol. The van der Waals surface area contributed by atoms with Crippen LogP contribution < -0.4 is 11.6 Å². The quantitative estimate of drug-likeness (QED) is 0.293. The molecule has 140 valence electrons. The number of benzene rings is 3. The van der Waals surface area contributed by atoms with Crippen molar-refractivity contribution in [2.75, 3.05) is 20.6 Å². The van der Waals surface area contributed by atoms with E-state index in [1.54, 1.807) is 0 Å². The Hall–Kier alpha value is -2.89. The zero-order valence-electron chi connectivity index (χ0n) is 15.9. The number of nitrogens with zero attached hydrogens (tertiary/aromatic N) is 3. The zero-order valence-corrected chi connectivity index (χ0v) is 15.9. The number of hydrogen-bond donors (Lipinski definition) is 2. The van der Waals surface area contributed by atoms with Crippen molar-refractivity contribution >= 4 is 16.6 Å². The molecule has 0 fully saturated rings. The molecule has 0 saturated carbocycles. The minimum absolute atomic E-state index is 0.0701. The molecule has 0 aliphatic rings. The van der Waals surface area contributed by atoms with Crippen LogP contribution in [0.1, 0.15) is 23.6 Å². The number of nitrogens with two attached hydrogens (primary N) is 2. The van der Waals surface area contributed by atoms with Gasteiger partial charge < -0.3 is 10.6 Å². The van der Waals surface area contributed by atoms with E-state index in [4.69, 9.17) is 11.6 Å². The van der Waals surface area contributed by atoms with Gasteiger partial charge in [-0.25, -0.2) is 11.0 Å². The third kappa shape index (κ3) is 4.84. The molecule has 5 heteroatoms. The summed E-state index contributed by atoms with van der Waals surface area (Å²) in [5, 5.41) is 8.37. The molecule has 0 heterocycles. The summed E-state index contributed by atoms with van der Waals surface area (Å²) in [6, 6.07) is 24.4. The first-order chi connectivity index (χ1) is 13.0. The summed E-state index contributed by atoms with van der Waals surface area (Å²) < 4.78 is 0. The minimum atomic E-state index is -0.0701. The summed E-state index contributed by atoms with van der Waals surface area (Å²) in [5.41, 5.74) is 8.16. The Kier molecular flexibility index (Phi) is 6.06. The van der Waals surface area contributed by atoms with Gasteiger partial charge in [-0.15, -0.1) is 5.10 Å². The van der Waals surface area contributed by atoms with E-state index in [1.807, 2.05) is 42.5 Å². The summed E-state index contributed by atoms with van der Waals surface area (Å²) in [5.74, 6) is 6.78. The molecule has 0 aliphatic carbocycles. The van der Waals surface area contributed by atoms with Crippen LogP contribution in [-0.2, 0) is 0 Å². The largest absolute Gasteiger partial charge is 0.382 e. The number of rotatable bonds is 7. The Bertz CT molecular complexity index is 905. The van der Waals surface area contributed by atoms with Crippen LogP contribution >= 0.6 is 0 Å². The van der Waals surface area contributed by atoms with Gasteiger partial charge in [-0.3, -0.25) is 0 Å². The lowest BCUT2D eigenvalue weighted by Gasteiger charge is -2.27. The lowest BCUT2D eigenvalue weighted by atomic mass is 9.99. The van der Waals surface area contributed by atoms with E-state index in [0.717, 1.165) is 24.1 Å². The van der Waals surface area contributed by atoms with Gasteiger partial charge >= 0.3 is 0 Å². The highest BCUT2D eigenvalue weighted by Crippen LogP contribution is 2.26. The molecule has 0 radical (unpaired) electrons. The molecule has 4 N–H and O–H groups in total. The molecule has 1 atom stereocenters. The number of hydrazine groups is 1. The van der Waals surface area contributed by atoms with Crippen molar-refractivity contribution in [3.05, 3.63) is 83.9 Å². The number of hydrazone groups is 1. The summed E-state index contributed by atoms with van der Waals surface area (Å²) in [7, 11) is 4.11. The Morgan fingerprint density at radius 1 is 0.926 bits per heavy atom. The molecule has 0 aromatic heterocycles. The highest BCUT2D eigenvalue weighted by atomic mass is 15.6. The smallest absolute Gasteiger partial charge is 0.152 e. The third-order valence-corrected chi connectivity index (χ3v) is 4.62. The number of amidine groups is 1. The molecule has 3 aromatic carbocycles. The second-order valence-corrected chi connectivity index (χ2v) is 6.95. The van der Waals surface area contributed by atoms with Crippen LogP contribution in [0.25, 0.3) is 10.8 Å². The van der Waals surface area contributed by atoms with E-state index >= 15 is 0 Å². The molecule has 0 spiro atoms. The van der Waals surface area contributed by atoms with E-state index in [9.17, 15) is 0 Å². The fraction of sp³-hybridized carbons (Fsp3) is 0.227. The summed E-state index contributed by atoms with van der Waals surface area (Å²) in [4.78, 5) is 2.14. The van der Waals surface area contributed by atoms with Gasteiger partial charge in [0.25, 0.3) is 0 Å². The first kappa shape index (κ1) is 18.9. The maximum atomic E-state index is 6.37. The molecular formula is C22H27N5. The maximum absolute atomic E-state index is 6.37. The molecule has 0 amide bonds. The van der Waals surface area contributed by atoms with Crippen molar-refractivity contribution in [1.29, 1.82) is 0 Å². The van der Waals surface area contributed by atoms with E-state index < -0.39 is 0 Å². The molecule has 0 saturated heterocycles. The van der Waals surface area contributed by atoms with Crippen molar-refractivity contribution < 1.29 is 0 Å². The second-order valence-electron chi connectivity index (χ2n) is 6.95. The molecule has 27 heavy (non-hydrogen) atoms. The van der Waals surface area contributed by atoms with E-state index in [2.05, 4.69) is 54.4 Å². The van der Waals surface area contributed by atoms with Crippen molar-refractivity contribution in [2.24, 2.45) is 16.7 Å². The average Bonchev–Trinajstić information content (AvgIpc) is 2.68. The molecule has 3 rings (SSSR count). The predicted octanol–water partition coefficient (Wildman–Crippen LogP) is 3.33. The van der Waals surface area contributed by atoms with Crippen LogP contribution in [0.3, 0.4) is 0 Å². The van der Waals surface area contributed by atoms with E-state index in [0.29, 0.717) is 5.84 Å². The van der Waals surface area contributed by atoms with Crippen molar-refractivity contribution in [2.45, 2.75) is 12.5 Å². The molecule has 0 aliphatic heterocycles. The second kappa shape index (κ2) is 8.66. The van der Waals surface area contributed by atoms with E-state index in [-0.39, 0.29) is 6.04 Å². The van der Waals surface area contributed by atoms with Crippen LogP contribution in [-0.4, -0.2) is 36.5 Å². The standard InChI is InChI=1S/C22H27N5/c1-26(2)15-14-21(20-13-12-17-8-6-7-11-19(17)16-20)27(24)25-22(23)18-9-4-3-5-10-18/h3-13,16,21H,14-15,24H2,1-2H3,(H2,23,25). The average molecular weight is 361 g/mol. The third-order valence-electron chi connectivity index (χ3n) is 4.62. The minimum Gasteiger partial charge on any atom is -0.382 e. The highest BCUT2D eigenvalue weighted by molar-refractivity contribution is 5.97. The van der Waals surface area contributed by atoms with E-state index in [1.165, 1.54) is 15.9 Å². The summed E-state index contributed by atoms with van der Waals surface area (Å²) in [6.45, 7) is 0.895.